The van der Waals surface area contributed by atoms with E-state index in [1.54, 1.807) is 0 Å². The smallest absolute Gasteiger partial charge is 0.318 e. The van der Waals surface area contributed by atoms with Crippen molar-refractivity contribution in [1.29, 1.82) is 0 Å². The molecule has 1 fully saturated rings. The minimum Gasteiger partial charge on any atom is -0.318 e. The van der Waals surface area contributed by atoms with Crippen LogP contribution in [0.4, 0.5) is 10.5 Å². The molecule has 3 heteroatoms. The molecule has 2 amide bonds. The first-order valence-corrected chi connectivity index (χ1v) is 8.45. The van der Waals surface area contributed by atoms with Crippen molar-refractivity contribution in [1.82, 2.24) is 4.90 Å². The average molecular weight is 308 g/mol. The van der Waals surface area contributed by atoms with Gasteiger partial charge in [-0.25, -0.2) is 4.79 Å². The normalized spacial score (nSPS) is 15.3. The highest BCUT2D eigenvalue weighted by Crippen LogP contribution is 2.24. The van der Waals surface area contributed by atoms with E-state index >= 15 is 0 Å². The molecule has 0 aliphatic heterocycles. The zero-order valence-corrected chi connectivity index (χ0v) is 13.5. The van der Waals surface area contributed by atoms with Crippen LogP contribution in [-0.4, -0.2) is 23.5 Å². The topological polar surface area (TPSA) is 32.3 Å². The van der Waals surface area contributed by atoms with E-state index in [0.29, 0.717) is 12.6 Å². The summed E-state index contributed by atoms with van der Waals surface area (Å²) in [5.41, 5.74) is 0.846. The number of nitrogens with one attached hydrogen (secondary N) is 1. The molecular formula is C20H24N2O. The number of hydrogen-bond acceptors (Lipinski definition) is 1. The van der Waals surface area contributed by atoms with Gasteiger partial charge in [-0.05, 0) is 35.7 Å². The third-order valence-electron chi connectivity index (χ3n) is 4.60. The second kappa shape index (κ2) is 7.32. The van der Waals surface area contributed by atoms with Gasteiger partial charge in [-0.1, -0.05) is 55.7 Å². The first-order valence-electron chi connectivity index (χ1n) is 8.45. The van der Waals surface area contributed by atoms with E-state index in [0.717, 1.165) is 23.9 Å². The van der Waals surface area contributed by atoms with Crippen molar-refractivity contribution in [2.24, 2.45) is 0 Å². The molecule has 0 saturated heterocycles. The van der Waals surface area contributed by atoms with Gasteiger partial charge in [0.2, 0.25) is 0 Å². The summed E-state index contributed by atoms with van der Waals surface area (Å²) in [4.78, 5) is 14.6. The maximum absolute atomic E-state index is 12.7. The lowest BCUT2D eigenvalue weighted by atomic mass is 9.94. The van der Waals surface area contributed by atoms with Gasteiger partial charge in [0.15, 0.2) is 0 Å². The molecular weight excluding hydrogens is 284 g/mol. The molecule has 1 aliphatic rings. The summed E-state index contributed by atoms with van der Waals surface area (Å²) in [6.07, 6.45) is 7.71. The standard InChI is InChI=1S/C20H24N2O/c1-2-14-22(19-10-4-3-5-11-19)20(23)21-18-13-12-16-8-6-7-9-17(16)15-18/h2,6-9,12-13,15,19H,1,3-5,10-11,14H2,(H,21,23). The summed E-state index contributed by atoms with van der Waals surface area (Å²) in [7, 11) is 0. The second-order valence-corrected chi connectivity index (χ2v) is 6.22. The fourth-order valence-electron chi connectivity index (χ4n) is 3.39. The number of carbonyl (C=O) groups is 1. The molecule has 0 unspecified atom stereocenters. The summed E-state index contributed by atoms with van der Waals surface area (Å²) < 4.78 is 0. The number of anilines is 1. The molecule has 2 aromatic carbocycles. The Bertz CT molecular complexity index is 689. The summed E-state index contributed by atoms with van der Waals surface area (Å²) in [5, 5.41) is 5.37. The van der Waals surface area contributed by atoms with Crippen LogP contribution < -0.4 is 5.32 Å². The Labute approximate surface area is 138 Å². The highest BCUT2D eigenvalue weighted by atomic mass is 16.2. The van der Waals surface area contributed by atoms with Crippen molar-refractivity contribution in [3.05, 3.63) is 55.1 Å². The summed E-state index contributed by atoms with van der Waals surface area (Å²) in [5.74, 6) is 0. The molecule has 3 rings (SSSR count). The number of rotatable bonds is 4. The van der Waals surface area contributed by atoms with Gasteiger partial charge in [0.1, 0.15) is 0 Å². The summed E-state index contributed by atoms with van der Waals surface area (Å²) in [6, 6.07) is 14.5. The Morgan fingerprint density at radius 1 is 1.13 bits per heavy atom. The van der Waals surface area contributed by atoms with Crippen LogP contribution in [0, 0.1) is 0 Å². The number of carbonyl (C=O) groups excluding carboxylic acids is 1. The maximum Gasteiger partial charge on any atom is 0.322 e. The van der Waals surface area contributed by atoms with Crippen molar-refractivity contribution in [2.45, 2.75) is 38.1 Å². The molecule has 23 heavy (non-hydrogen) atoms. The van der Waals surface area contributed by atoms with Crippen molar-refractivity contribution in [3.8, 4) is 0 Å². The Balaban J connectivity index is 1.75. The van der Waals surface area contributed by atoms with Crippen molar-refractivity contribution < 1.29 is 4.79 Å². The predicted octanol–water partition coefficient (Wildman–Crippen LogP) is 5.19. The third-order valence-corrected chi connectivity index (χ3v) is 4.60. The molecule has 2 aromatic rings. The van der Waals surface area contributed by atoms with E-state index in [2.05, 4.69) is 24.0 Å². The quantitative estimate of drug-likeness (QED) is 0.774. The van der Waals surface area contributed by atoms with Crippen LogP contribution in [0.15, 0.2) is 55.1 Å². The molecule has 0 radical (unpaired) electrons. The average Bonchev–Trinajstić information content (AvgIpc) is 2.60. The lowest BCUT2D eigenvalue weighted by molar-refractivity contribution is 0.176. The van der Waals surface area contributed by atoms with E-state index in [4.69, 9.17) is 0 Å². The van der Waals surface area contributed by atoms with Gasteiger partial charge in [0, 0.05) is 18.3 Å². The van der Waals surface area contributed by atoms with Gasteiger partial charge in [0.25, 0.3) is 0 Å². The fraction of sp³-hybridized carbons (Fsp3) is 0.350. The summed E-state index contributed by atoms with van der Waals surface area (Å²) in [6.45, 7) is 4.41. The molecule has 0 bridgehead atoms. The number of hydrogen-bond donors (Lipinski definition) is 1. The number of urea groups is 1. The van der Waals surface area contributed by atoms with Crippen molar-refractivity contribution >= 4 is 22.5 Å². The van der Waals surface area contributed by atoms with Crippen molar-refractivity contribution in [3.63, 3.8) is 0 Å². The predicted molar refractivity (Wildman–Crippen MR) is 96.7 cm³/mol. The highest BCUT2D eigenvalue weighted by molar-refractivity contribution is 5.93. The highest BCUT2D eigenvalue weighted by Gasteiger charge is 2.24. The van der Waals surface area contributed by atoms with E-state index in [1.807, 2.05) is 41.3 Å². The van der Waals surface area contributed by atoms with E-state index in [-0.39, 0.29) is 6.03 Å². The summed E-state index contributed by atoms with van der Waals surface area (Å²) >= 11 is 0. The van der Waals surface area contributed by atoms with E-state index < -0.39 is 0 Å². The zero-order chi connectivity index (χ0) is 16.1. The maximum atomic E-state index is 12.7. The number of benzene rings is 2. The molecule has 0 spiro atoms. The Morgan fingerprint density at radius 2 is 1.87 bits per heavy atom. The first-order chi connectivity index (χ1) is 11.3. The third kappa shape index (κ3) is 3.73. The number of nitrogens with zero attached hydrogens (tertiary/aromatic N) is 1. The van der Waals surface area contributed by atoms with Gasteiger partial charge in [-0.3, -0.25) is 0 Å². The number of amides is 2. The van der Waals surface area contributed by atoms with E-state index in [1.165, 1.54) is 24.6 Å². The molecule has 1 aliphatic carbocycles. The van der Waals surface area contributed by atoms with Crippen LogP contribution in [0.3, 0.4) is 0 Å². The van der Waals surface area contributed by atoms with Crippen LogP contribution in [0.1, 0.15) is 32.1 Å². The van der Waals surface area contributed by atoms with Crippen LogP contribution >= 0.6 is 0 Å². The fourth-order valence-corrected chi connectivity index (χ4v) is 3.39. The van der Waals surface area contributed by atoms with Gasteiger partial charge < -0.3 is 10.2 Å². The SMILES string of the molecule is C=CCN(C(=O)Nc1ccc2ccccc2c1)C1CCCCC1. The minimum atomic E-state index is -0.0212. The van der Waals surface area contributed by atoms with Crippen LogP contribution in [0.2, 0.25) is 0 Å². The molecule has 0 heterocycles. The van der Waals surface area contributed by atoms with Crippen molar-refractivity contribution in [2.75, 3.05) is 11.9 Å². The first kappa shape index (κ1) is 15.6. The minimum absolute atomic E-state index is 0.0212. The van der Waals surface area contributed by atoms with E-state index in [9.17, 15) is 4.79 Å². The molecule has 0 aromatic heterocycles. The number of fused-ring (bicyclic) bond motifs is 1. The lowest BCUT2D eigenvalue weighted by Crippen LogP contribution is -2.43. The largest absolute Gasteiger partial charge is 0.322 e. The van der Waals surface area contributed by atoms with Gasteiger partial charge in [-0.2, -0.15) is 0 Å². The Morgan fingerprint density at radius 3 is 2.61 bits per heavy atom. The molecule has 1 saturated carbocycles. The molecule has 1 N–H and O–H groups in total. The van der Waals surface area contributed by atoms with Crippen LogP contribution in [0.25, 0.3) is 10.8 Å². The van der Waals surface area contributed by atoms with Crippen LogP contribution in [-0.2, 0) is 0 Å². The van der Waals surface area contributed by atoms with Gasteiger partial charge >= 0.3 is 6.03 Å². The second-order valence-electron chi connectivity index (χ2n) is 6.22. The lowest BCUT2D eigenvalue weighted by Gasteiger charge is -2.33. The van der Waals surface area contributed by atoms with Crippen LogP contribution in [0.5, 0.6) is 0 Å². The van der Waals surface area contributed by atoms with Gasteiger partial charge in [-0.15, -0.1) is 6.58 Å². The monoisotopic (exact) mass is 308 g/mol. The molecule has 3 nitrogen and oxygen atoms in total. The zero-order valence-electron chi connectivity index (χ0n) is 13.5. The molecule has 120 valence electrons. The van der Waals surface area contributed by atoms with Gasteiger partial charge in [0.05, 0.1) is 0 Å². The Hall–Kier alpha value is -2.29. The Kier molecular flexibility index (Phi) is 4.96. The molecule has 0 atom stereocenters.